The summed E-state index contributed by atoms with van der Waals surface area (Å²) in [6, 6.07) is 10.9. The molecule has 2 nitrogen and oxygen atoms in total. The maximum absolute atomic E-state index is 12.1. The van der Waals surface area contributed by atoms with Gasteiger partial charge in [0.1, 0.15) is 38.1 Å². The number of fused-ring (bicyclic) bond motifs is 1. The molecule has 0 saturated heterocycles. The lowest BCUT2D eigenvalue weighted by Crippen LogP contribution is -2.01. The average Bonchev–Trinajstić information content (AvgIpc) is 2.43. The summed E-state index contributed by atoms with van der Waals surface area (Å²) in [5, 5.41) is 1.67. The van der Waals surface area contributed by atoms with E-state index in [1.54, 1.807) is 12.1 Å². The van der Waals surface area contributed by atoms with Crippen LogP contribution in [0.1, 0.15) is 0 Å². The van der Waals surface area contributed by atoms with Crippen molar-refractivity contribution in [3.63, 3.8) is 0 Å². The van der Waals surface area contributed by atoms with Crippen molar-refractivity contribution in [1.29, 1.82) is 0 Å². The Balaban J connectivity index is 2.38. The first-order chi connectivity index (χ1) is 8.86. The van der Waals surface area contributed by atoms with E-state index in [-0.39, 0.29) is 13.2 Å². The van der Waals surface area contributed by atoms with E-state index in [1.165, 1.54) is 0 Å². The van der Waals surface area contributed by atoms with Crippen molar-refractivity contribution in [1.82, 2.24) is 0 Å². The molecule has 96 valence electrons. The smallest absolute Gasteiger partial charge is 0.127 e. The van der Waals surface area contributed by atoms with Crippen LogP contribution in [0.4, 0.5) is 8.78 Å². The van der Waals surface area contributed by atoms with Crippen LogP contribution in [0, 0.1) is 0 Å². The molecule has 0 unspecified atom stereocenters. The van der Waals surface area contributed by atoms with Crippen LogP contribution < -0.4 is 9.47 Å². The molecule has 2 aromatic carbocycles. The second-order valence-corrected chi connectivity index (χ2v) is 3.68. The van der Waals surface area contributed by atoms with Crippen LogP contribution in [0.15, 0.2) is 36.4 Å². The van der Waals surface area contributed by atoms with Gasteiger partial charge in [0.15, 0.2) is 0 Å². The second kappa shape index (κ2) is 6.19. The molecule has 0 spiro atoms. The van der Waals surface area contributed by atoms with E-state index >= 15 is 0 Å². The van der Waals surface area contributed by atoms with Crippen LogP contribution in [0.5, 0.6) is 11.5 Å². The molecule has 0 fully saturated rings. The number of hydrogen-bond acceptors (Lipinski definition) is 2. The monoisotopic (exact) mass is 252 g/mol. The third kappa shape index (κ3) is 2.70. The van der Waals surface area contributed by atoms with Gasteiger partial charge in [-0.15, -0.1) is 0 Å². The Morgan fingerprint density at radius 3 is 1.56 bits per heavy atom. The molecule has 0 aromatic heterocycles. The summed E-state index contributed by atoms with van der Waals surface area (Å²) >= 11 is 0. The largest absolute Gasteiger partial charge is 0.490 e. The minimum Gasteiger partial charge on any atom is -0.490 e. The minimum absolute atomic E-state index is 0.0225. The quantitative estimate of drug-likeness (QED) is 0.783. The van der Waals surface area contributed by atoms with E-state index < -0.39 is 13.3 Å². The fraction of sp³-hybridized carbons (Fsp3) is 0.286. The van der Waals surface area contributed by atoms with Crippen molar-refractivity contribution < 1.29 is 18.3 Å². The number of alkyl halides is 2. The molecule has 0 atom stereocenters. The Morgan fingerprint density at radius 1 is 0.722 bits per heavy atom. The van der Waals surface area contributed by atoms with Crippen molar-refractivity contribution in [3.05, 3.63) is 36.4 Å². The standard InChI is InChI=1S/C14H14F2O2/c15-7-9-17-13-5-6-14(18-10-8-16)12-4-2-1-3-11(12)13/h1-6H,7-10H2. The van der Waals surface area contributed by atoms with Crippen LogP contribution in [-0.2, 0) is 0 Å². The van der Waals surface area contributed by atoms with Gasteiger partial charge in [-0.3, -0.25) is 0 Å². The van der Waals surface area contributed by atoms with E-state index in [1.807, 2.05) is 24.3 Å². The summed E-state index contributed by atoms with van der Waals surface area (Å²) < 4.78 is 34.9. The van der Waals surface area contributed by atoms with Crippen LogP contribution >= 0.6 is 0 Å². The minimum atomic E-state index is -0.533. The number of ether oxygens (including phenoxy) is 2. The molecule has 0 aliphatic heterocycles. The SMILES string of the molecule is FCCOc1ccc(OCCF)c2ccccc12. The fourth-order valence-electron chi connectivity index (χ4n) is 1.79. The number of rotatable bonds is 6. The van der Waals surface area contributed by atoms with Gasteiger partial charge in [0.25, 0.3) is 0 Å². The zero-order chi connectivity index (χ0) is 12.8. The van der Waals surface area contributed by atoms with Gasteiger partial charge in [0, 0.05) is 10.8 Å². The maximum Gasteiger partial charge on any atom is 0.127 e. The Kier molecular flexibility index (Phi) is 4.34. The van der Waals surface area contributed by atoms with Crippen LogP contribution in [0.3, 0.4) is 0 Å². The lowest BCUT2D eigenvalue weighted by Gasteiger charge is -2.12. The molecule has 2 rings (SSSR count). The highest BCUT2D eigenvalue weighted by molar-refractivity contribution is 5.93. The van der Waals surface area contributed by atoms with Gasteiger partial charge in [-0.25, -0.2) is 8.78 Å². The van der Waals surface area contributed by atoms with Crippen molar-refractivity contribution >= 4 is 10.8 Å². The van der Waals surface area contributed by atoms with Crippen molar-refractivity contribution in [2.45, 2.75) is 0 Å². The first kappa shape index (κ1) is 12.6. The highest BCUT2D eigenvalue weighted by Crippen LogP contribution is 2.33. The molecule has 0 amide bonds. The third-order valence-corrected chi connectivity index (χ3v) is 2.51. The molecule has 0 N–H and O–H groups in total. The van der Waals surface area contributed by atoms with Gasteiger partial charge in [-0.2, -0.15) is 0 Å². The fourth-order valence-corrected chi connectivity index (χ4v) is 1.79. The molecule has 18 heavy (non-hydrogen) atoms. The van der Waals surface area contributed by atoms with Crippen LogP contribution in [0.2, 0.25) is 0 Å². The summed E-state index contributed by atoms with van der Waals surface area (Å²) in [7, 11) is 0. The Bertz CT molecular complexity index is 468. The maximum atomic E-state index is 12.1. The molecule has 0 heterocycles. The van der Waals surface area contributed by atoms with Crippen molar-refractivity contribution in [3.8, 4) is 11.5 Å². The van der Waals surface area contributed by atoms with Crippen molar-refractivity contribution in [2.24, 2.45) is 0 Å². The normalized spacial score (nSPS) is 10.6. The Hall–Kier alpha value is -1.84. The summed E-state index contributed by atoms with van der Waals surface area (Å²) in [6.45, 7) is -1.02. The number of benzene rings is 2. The molecule has 0 aliphatic carbocycles. The average molecular weight is 252 g/mol. The van der Waals surface area contributed by atoms with Crippen molar-refractivity contribution in [2.75, 3.05) is 26.6 Å². The third-order valence-electron chi connectivity index (χ3n) is 2.51. The van der Waals surface area contributed by atoms with E-state index in [4.69, 9.17) is 9.47 Å². The zero-order valence-corrected chi connectivity index (χ0v) is 9.86. The molecular formula is C14H14F2O2. The molecule has 0 aliphatic rings. The van der Waals surface area contributed by atoms with E-state index in [0.717, 1.165) is 10.8 Å². The van der Waals surface area contributed by atoms with Crippen LogP contribution in [0.25, 0.3) is 10.8 Å². The zero-order valence-electron chi connectivity index (χ0n) is 9.86. The molecule has 4 heteroatoms. The first-order valence-electron chi connectivity index (χ1n) is 5.76. The topological polar surface area (TPSA) is 18.5 Å². The molecule has 2 aromatic rings. The Morgan fingerprint density at radius 2 is 1.17 bits per heavy atom. The molecule has 0 radical (unpaired) electrons. The molecule has 0 saturated carbocycles. The van der Waals surface area contributed by atoms with Gasteiger partial charge >= 0.3 is 0 Å². The van der Waals surface area contributed by atoms with Gasteiger partial charge in [0.05, 0.1) is 0 Å². The summed E-state index contributed by atoms with van der Waals surface area (Å²) in [5.41, 5.74) is 0. The van der Waals surface area contributed by atoms with Gasteiger partial charge in [-0.1, -0.05) is 24.3 Å². The first-order valence-corrected chi connectivity index (χ1v) is 5.76. The lowest BCUT2D eigenvalue weighted by molar-refractivity contribution is 0.271. The summed E-state index contributed by atoms with van der Waals surface area (Å²) in [5.74, 6) is 1.21. The van der Waals surface area contributed by atoms with Gasteiger partial charge < -0.3 is 9.47 Å². The predicted octanol–water partition coefficient (Wildman–Crippen LogP) is 3.54. The van der Waals surface area contributed by atoms with Gasteiger partial charge in [-0.05, 0) is 12.1 Å². The molecule has 0 bridgehead atoms. The van der Waals surface area contributed by atoms with Gasteiger partial charge in [0.2, 0.25) is 0 Å². The highest BCUT2D eigenvalue weighted by Gasteiger charge is 2.07. The number of halogens is 2. The lowest BCUT2D eigenvalue weighted by atomic mass is 10.1. The predicted molar refractivity (Wildman–Crippen MR) is 66.9 cm³/mol. The molecular weight excluding hydrogens is 238 g/mol. The highest BCUT2D eigenvalue weighted by atomic mass is 19.1. The number of hydrogen-bond donors (Lipinski definition) is 0. The Labute approximate surface area is 104 Å². The van der Waals surface area contributed by atoms with E-state index in [9.17, 15) is 8.78 Å². The summed E-state index contributed by atoms with van der Waals surface area (Å²) in [6.07, 6.45) is 0. The second-order valence-electron chi connectivity index (χ2n) is 3.68. The van der Waals surface area contributed by atoms with E-state index in [2.05, 4.69) is 0 Å². The van der Waals surface area contributed by atoms with Crippen LogP contribution in [-0.4, -0.2) is 26.6 Å². The van der Waals surface area contributed by atoms with E-state index in [0.29, 0.717) is 11.5 Å². The summed E-state index contributed by atoms with van der Waals surface area (Å²) in [4.78, 5) is 0.